The molecule has 0 atom stereocenters. The zero-order valence-corrected chi connectivity index (χ0v) is 15.6. The Balaban J connectivity index is 1.53. The summed E-state index contributed by atoms with van der Waals surface area (Å²) in [6.45, 7) is 0.308. The number of rotatable bonds is 4. The number of fused-ring (bicyclic) bond motifs is 1. The first kappa shape index (κ1) is 16.6. The molecule has 0 fully saturated rings. The highest BCUT2D eigenvalue weighted by atomic mass is 32.1. The summed E-state index contributed by atoms with van der Waals surface area (Å²) in [5.41, 5.74) is 3.43. The van der Waals surface area contributed by atoms with Crippen LogP contribution in [0.15, 0.2) is 87.8 Å². The molecular weight excluding hydrogens is 370 g/mol. The van der Waals surface area contributed by atoms with E-state index < -0.39 is 0 Å². The van der Waals surface area contributed by atoms with Crippen molar-refractivity contribution in [1.29, 1.82) is 0 Å². The smallest absolute Gasteiger partial charge is 0.263 e. The van der Waals surface area contributed by atoms with E-state index in [9.17, 15) is 4.79 Å². The van der Waals surface area contributed by atoms with Gasteiger partial charge in [-0.05, 0) is 17.7 Å². The van der Waals surface area contributed by atoms with Crippen LogP contribution >= 0.6 is 11.3 Å². The maximum absolute atomic E-state index is 13.1. The van der Waals surface area contributed by atoms with Gasteiger partial charge in [0.2, 0.25) is 5.89 Å². The quantitative estimate of drug-likeness (QED) is 0.445. The Morgan fingerprint density at radius 1 is 0.964 bits per heavy atom. The Morgan fingerprint density at radius 2 is 1.68 bits per heavy atom. The molecule has 0 amide bonds. The van der Waals surface area contributed by atoms with E-state index in [-0.39, 0.29) is 5.56 Å². The molecule has 6 heteroatoms. The molecule has 0 unspecified atom stereocenters. The first-order chi connectivity index (χ1) is 13.8. The van der Waals surface area contributed by atoms with Gasteiger partial charge >= 0.3 is 0 Å². The molecule has 0 radical (unpaired) electrons. The van der Waals surface area contributed by atoms with Gasteiger partial charge in [-0.1, -0.05) is 48.5 Å². The fourth-order valence-corrected chi connectivity index (χ4v) is 4.08. The van der Waals surface area contributed by atoms with Gasteiger partial charge in [0, 0.05) is 16.5 Å². The standard InChI is InChI=1S/C22H15N3O2S/c26-22-19-18(15-7-3-1-4-8-15)13-28-21(19)23-14-25(22)11-17-12-27-20(24-17)16-9-5-2-6-10-16/h1-10,12-14H,11H2. The number of benzene rings is 2. The topological polar surface area (TPSA) is 60.9 Å². The minimum atomic E-state index is -0.0747. The summed E-state index contributed by atoms with van der Waals surface area (Å²) in [7, 11) is 0. The van der Waals surface area contributed by atoms with E-state index in [0.717, 1.165) is 21.5 Å². The van der Waals surface area contributed by atoms with Gasteiger partial charge in [0.15, 0.2) is 0 Å². The molecule has 28 heavy (non-hydrogen) atoms. The number of oxazole rings is 1. The summed E-state index contributed by atoms with van der Waals surface area (Å²) in [4.78, 5) is 22.9. The lowest BCUT2D eigenvalue weighted by Crippen LogP contribution is -2.21. The molecule has 3 heterocycles. The highest BCUT2D eigenvalue weighted by Gasteiger charge is 2.14. The normalized spacial score (nSPS) is 11.1. The highest BCUT2D eigenvalue weighted by molar-refractivity contribution is 7.17. The molecule has 0 saturated carbocycles. The molecule has 0 aliphatic rings. The van der Waals surface area contributed by atoms with Gasteiger partial charge in [-0.3, -0.25) is 9.36 Å². The van der Waals surface area contributed by atoms with Crippen molar-refractivity contribution < 1.29 is 4.42 Å². The van der Waals surface area contributed by atoms with Gasteiger partial charge in [-0.15, -0.1) is 11.3 Å². The van der Waals surface area contributed by atoms with Gasteiger partial charge in [0.25, 0.3) is 5.56 Å². The maximum Gasteiger partial charge on any atom is 0.263 e. The van der Waals surface area contributed by atoms with Gasteiger partial charge in [-0.2, -0.15) is 0 Å². The Kier molecular flexibility index (Phi) is 4.10. The van der Waals surface area contributed by atoms with Crippen molar-refractivity contribution in [2.75, 3.05) is 0 Å². The van der Waals surface area contributed by atoms with Gasteiger partial charge < -0.3 is 4.42 Å². The van der Waals surface area contributed by atoms with Crippen molar-refractivity contribution in [2.45, 2.75) is 6.54 Å². The fraction of sp³-hybridized carbons (Fsp3) is 0.0455. The van der Waals surface area contributed by atoms with Crippen molar-refractivity contribution >= 4 is 21.6 Å². The predicted octanol–water partition coefficient (Wildman–Crippen LogP) is 4.83. The van der Waals surface area contributed by atoms with Crippen molar-refractivity contribution in [2.24, 2.45) is 0 Å². The van der Waals surface area contributed by atoms with Crippen LogP contribution in [-0.4, -0.2) is 14.5 Å². The monoisotopic (exact) mass is 385 g/mol. The fourth-order valence-electron chi connectivity index (χ4n) is 3.18. The molecule has 3 aromatic heterocycles. The lowest BCUT2D eigenvalue weighted by Gasteiger charge is -2.04. The van der Waals surface area contributed by atoms with Crippen molar-refractivity contribution in [3.05, 3.63) is 94.7 Å². The predicted molar refractivity (Wildman–Crippen MR) is 110 cm³/mol. The summed E-state index contributed by atoms with van der Waals surface area (Å²) in [6, 6.07) is 19.6. The molecule has 5 rings (SSSR count). The van der Waals surface area contributed by atoms with Crippen LogP contribution in [0.4, 0.5) is 0 Å². The minimum Gasteiger partial charge on any atom is -0.444 e. The third-order valence-electron chi connectivity index (χ3n) is 4.55. The molecule has 5 aromatic rings. The molecular formula is C22H15N3O2S. The van der Waals surface area contributed by atoms with E-state index in [0.29, 0.717) is 23.5 Å². The Bertz CT molecular complexity index is 1300. The molecule has 0 bridgehead atoms. The average Bonchev–Trinajstić information content (AvgIpc) is 3.39. The summed E-state index contributed by atoms with van der Waals surface area (Å²) in [6.07, 6.45) is 3.16. The molecule has 0 aliphatic carbocycles. The first-order valence-electron chi connectivity index (χ1n) is 8.81. The molecule has 0 aliphatic heterocycles. The van der Waals surface area contributed by atoms with Crippen molar-refractivity contribution in [3.8, 4) is 22.6 Å². The van der Waals surface area contributed by atoms with E-state index >= 15 is 0 Å². The van der Waals surface area contributed by atoms with Crippen LogP contribution < -0.4 is 5.56 Å². The summed E-state index contributed by atoms with van der Waals surface area (Å²) >= 11 is 1.48. The number of nitrogens with zero attached hydrogens (tertiary/aromatic N) is 3. The first-order valence-corrected chi connectivity index (χ1v) is 9.69. The average molecular weight is 385 g/mol. The second kappa shape index (κ2) is 6.90. The molecule has 0 saturated heterocycles. The van der Waals surface area contributed by atoms with E-state index in [1.807, 2.05) is 66.0 Å². The number of hydrogen-bond donors (Lipinski definition) is 0. The van der Waals surface area contributed by atoms with Crippen molar-refractivity contribution in [1.82, 2.24) is 14.5 Å². The van der Waals surface area contributed by atoms with Crippen LogP contribution in [0.25, 0.3) is 32.8 Å². The SMILES string of the molecule is O=c1c2c(-c3ccccc3)csc2ncn1Cc1coc(-c2ccccc2)n1. The van der Waals surface area contributed by atoms with Crippen LogP contribution in [0.5, 0.6) is 0 Å². The highest BCUT2D eigenvalue weighted by Crippen LogP contribution is 2.30. The number of thiophene rings is 1. The Morgan fingerprint density at radius 3 is 2.43 bits per heavy atom. The van der Waals surface area contributed by atoms with Gasteiger partial charge in [-0.25, -0.2) is 9.97 Å². The van der Waals surface area contributed by atoms with E-state index in [2.05, 4.69) is 9.97 Å². The number of hydrogen-bond acceptors (Lipinski definition) is 5. The molecule has 0 spiro atoms. The third-order valence-corrected chi connectivity index (χ3v) is 5.44. The summed E-state index contributed by atoms with van der Waals surface area (Å²) in [5.74, 6) is 0.540. The van der Waals surface area contributed by atoms with E-state index in [1.54, 1.807) is 17.2 Å². The Hall–Kier alpha value is -3.51. The molecule has 0 N–H and O–H groups in total. The van der Waals surface area contributed by atoms with Crippen LogP contribution in [0.1, 0.15) is 5.69 Å². The maximum atomic E-state index is 13.1. The molecule has 136 valence electrons. The molecule has 2 aromatic carbocycles. The summed E-state index contributed by atoms with van der Waals surface area (Å²) in [5, 5.41) is 2.63. The lowest BCUT2D eigenvalue weighted by atomic mass is 10.1. The van der Waals surface area contributed by atoms with Crippen LogP contribution in [0, 0.1) is 0 Å². The van der Waals surface area contributed by atoms with Gasteiger partial charge in [0.05, 0.1) is 24.0 Å². The molecule has 5 nitrogen and oxygen atoms in total. The van der Waals surface area contributed by atoms with Crippen molar-refractivity contribution in [3.63, 3.8) is 0 Å². The summed E-state index contributed by atoms with van der Waals surface area (Å²) < 4.78 is 7.16. The van der Waals surface area contributed by atoms with E-state index in [1.165, 1.54) is 11.3 Å². The zero-order valence-electron chi connectivity index (χ0n) is 14.8. The lowest BCUT2D eigenvalue weighted by molar-refractivity contribution is 0.571. The zero-order chi connectivity index (χ0) is 18.9. The largest absolute Gasteiger partial charge is 0.444 e. The van der Waals surface area contributed by atoms with Crippen LogP contribution in [0.2, 0.25) is 0 Å². The van der Waals surface area contributed by atoms with Crippen LogP contribution in [0.3, 0.4) is 0 Å². The third kappa shape index (κ3) is 2.93. The second-order valence-electron chi connectivity index (χ2n) is 6.38. The Labute approximate surface area is 164 Å². The van der Waals surface area contributed by atoms with E-state index in [4.69, 9.17) is 4.42 Å². The van der Waals surface area contributed by atoms with Gasteiger partial charge in [0.1, 0.15) is 11.1 Å². The van der Waals surface area contributed by atoms with Crippen LogP contribution in [-0.2, 0) is 6.54 Å². The number of aromatic nitrogens is 3. The minimum absolute atomic E-state index is 0.0747. The second-order valence-corrected chi connectivity index (χ2v) is 7.24.